The molecule has 1 aliphatic rings. The van der Waals surface area contributed by atoms with E-state index in [2.05, 4.69) is 13.8 Å². The Morgan fingerprint density at radius 1 is 1.42 bits per heavy atom. The number of hydrogen-bond donors (Lipinski definition) is 1. The third-order valence-electron chi connectivity index (χ3n) is 3.23. The fourth-order valence-electron chi connectivity index (χ4n) is 2.28. The van der Waals surface area contributed by atoms with E-state index in [1.165, 1.54) is 0 Å². The molecule has 1 aromatic rings. The van der Waals surface area contributed by atoms with Gasteiger partial charge in [-0.1, -0.05) is 26.8 Å². The van der Waals surface area contributed by atoms with Gasteiger partial charge in [0.05, 0.1) is 12.3 Å². The molecule has 104 valence electrons. The van der Waals surface area contributed by atoms with Gasteiger partial charge in [0, 0.05) is 6.54 Å². The highest BCUT2D eigenvalue weighted by Gasteiger charge is 2.33. The fraction of sp³-hybridized carbons (Fsp3) is 0.533. The molecule has 1 aromatic carbocycles. The number of carbonyl (C=O) groups is 1. The number of fused-ring (bicyclic) bond motifs is 1. The average Bonchev–Trinajstić information content (AvgIpc) is 2.40. The van der Waals surface area contributed by atoms with E-state index in [0.717, 1.165) is 17.0 Å². The summed E-state index contributed by atoms with van der Waals surface area (Å²) in [7, 11) is 0. The first kappa shape index (κ1) is 13.9. The molecule has 0 saturated carbocycles. The van der Waals surface area contributed by atoms with E-state index in [1.54, 1.807) is 4.90 Å². The molecule has 0 bridgehead atoms. The number of amides is 1. The van der Waals surface area contributed by atoms with E-state index in [4.69, 9.17) is 4.74 Å². The summed E-state index contributed by atoms with van der Waals surface area (Å²) in [6, 6.07) is 5.50. The van der Waals surface area contributed by atoms with Crippen LogP contribution in [0, 0.1) is 5.92 Å². The number of rotatable bonds is 4. The molecular formula is C15H21NO3. The van der Waals surface area contributed by atoms with Gasteiger partial charge in [0.2, 0.25) is 0 Å². The van der Waals surface area contributed by atoms with Crippen LogP contribution in [0.1, 0.15) is 32.8 Å². The van der Waals surface area contributed by atoms with Crippen LogP contribution in [0.2, 0.25) is 0 Å². The number of hydrogen-bond acceptors (Lipinski definition) is 3. The van der Waals surface area contributed by atoms with Crippen LogP contribution < -0.4 is 9.64 Å². The molecule has 1 heterocycles. The van der Waals surface area contributed by atoms with Gasteiger partial charge >= 0.3 is 0 Å². The lowest BCUT2D eigenvalue weighted by Crippen LogP contribution is -2.47. The Morgan fingerprint density at radius 2 is 2.16 bits per heavy atom. The lowest BCUT2D eigenvalue weighted by molar-refractivity contribution is -0.126. The largest absolute Gasteiger partial charge is 0.478 e. The van der Waals surface area contributed by atoms with Crippen molar-refractivity contribution >= 4 is 11.6 Å². The quantitative estimate of drug-likeness (QED) is 0.907. The number of aliphatic hydroxyl groups excluding tert-OH is 1. The maximum absolute atomic E-state index is 12.4. The molecule has 1 unspecified atom stereocenters. The monoisotopic (exact) mass is 263 g/mol. The predicted octanol–water partition coefficient (Wildman–Crippen LogP) is 2.34. The van der Waals surface area contributed by atoms with Crippen LogP contribution in [0.5, 0.6) is 5.75 Å². The highest BCUT2D eigenvalue weighted by Crippen LogP contribution is 2.36. The number of ether oxygens (including phenoxy) is 1. The Labute approximate surface area is 114 Å². The highest BCUT2D eigenvalue weighted by molar-refractivity contribution is 6.00. The second-order valence-corrected chi connectivity index (χ2v) is 5.32. The van der Waals surface area contributed by atoms with Gasteiger partial charge in [-0.05, 0) is 30.0 Å². The smallest absolute Gasteiger partial charge is 0.268 e. The molecule has 1 amide bonds. The van der Waals surface area contributed by atoms with E-state index < -0.39 is 6.10 Å². The molecule has 19 heavy (non-hydrogen) atoms. The first-order chi connectivity index (χ1) is 9.06. The third kappa shape index (κ3) is 2.73. The van der Waals surface area contributed by atoms with Crippen molar-refractivity contribution in [3.05, 3.63) is 23.8 Å². The number of carbonyl (C=O) groups excluding carboxylic acids is 1. The van der Waals surface area contributed by atoms with Crippen LogP contribution in [0.4, 0.5) is 5.69 Å². The maximum atomic E-state index is 12.4. The zero-order valence-corrected chi connectivity index (χ0v) is 11.7. The number of nitrogens with zero attached hydrogens (tertiary/aromatic N) is 1. The minimum absolute atomic E-state index is 0.0128. The van der Waals surface area contributed by atoms with E-state index in [0.29, 0.717) is 18.9 Å². The van der Waals surface area contributed by atoms with Crippen LogP contribution in [-0.2, 0) is 11.4 Å². The van der Waals surface area contributed by atoms with Gasteiger partial charge in [-0.15, -0.1) is 0 Å². The normalized spacial score (nSPS) is 18.5. The van der Waals surface area contributed by atoms with Gasteiger partial charge in [-0.2, -0.15) is 0 Å². The summed E-state index contributed by atoms with van der Waals surface area (Å²) < 4.78 is 5.73. The van der Waals surface area contributed by atoms with Crippen molar-refractivity contribution in [3.63, 3.8) is 0 Å². The Hall–Kier alpha value is -1.55. The van der Waals surface area contributed by atoms with Crippen LogP contribution >= 0.6 is 0 Å². The molecule has 0 fully saturated rings. The Bertz CT molecular complexity index is 470. The second-order valence-electron chi connectivity index (χ2n) is 5.32. The summed E-state index contributed by atoms with van der Waals surface area (Å²) in [5.74, 6) is 1.12. The first-order valence-electron chi connectivity index (χ1n) is 6.78. The van der Waals surface area contributed by atoms with Gasteiger partial charge in [0.25, 0.3) is 5.91 Å². The number of anilines is 1. The molecule has 1 atom stereocenters. The third-order valence-corrected chi connectivity index (χ3v) is 3.23. The van der Waals surface area contributed by atoms with E-state index in [1.807, 2.05) is 25.1 Å². The lowest BCUT2D eigenvalue weighted by atomic mass is 10.1. The molecule has 0 saturated heterocycles. The lowest BCUT2D eigenvalue weighted by Gasteiger charge is -2.35. The summed E-state index contributed by atoms with van der Waals surface area (Å²) >= 11 is 0. The minimum atomic E-state index is -0.397. The number of aliphatic hydroxyl groups is 1. The minimum Gasteiger partial charge on any atom is -0.478 e. The van der Waals surface area contributed by atoms with Crippen LogP contribution in [-0.4, -0.2) is 23.7 Å². The molecule has 2 rings (SSSR count). The molecular weight excluding hydrogens is 242 g/mol. The standard InChI is InChI=1S/C15H21NO3/c1-4-13-15(18)16(8-10(2)3)12-7-11(9-17)5-6-14(12)19-13/h5-7,10,13,17H,4,8-9H2,1-3H3. The summed E-state index contributed by atoms with van der Waals surface area (Å²) in [5, 5.41) is 9.23. The molecule has 0 spiro atoms. The predicted molar refractivity (Wildman–Crippen MR) is 74.3 cm³/mol. The summed E-state index contributed by atoms with van der Waals surface area (Å²) in [6.45, 7) is 6.75. The van der Waals surface area contributed by atoms with Crippen molar-refractivity contribution in [2.45, 2.75) is 39.9 Å². The van der Waals surface area contributed by atoms with Gasteiger partial charge in [-0.25, -0.2) is 0 Å². The molecule has 1 N–H and O–H groups in total. The van der Waals surface area contributed by atoms with Crippen molar-refractivity contribution in [1.82, 2.24) is 0 Å². The first-order valence-corrected chi connectivity index (χ1v) is 6.78. The molecule has 0 radical (unpaired) electrons. The van der Waals surface area contributed by atoms with Gasteiger partial charge < -0.3 is 14.7 Å². The average molecular weight is 263 g/mol. The summed E-state index contributed by atoms with van der Waals surface area (Å²) in [4.78, 5) is 14.2. The maximum Gasteiger partial charge on any atom is 0.268 e. The van der Waals surface area contributed by atoms with Gasteiger partial charge in [0.1, 0.15) is 5.75 Å². The Balaban J connectivity index is 2.42. The Morgan fingerprint density at radius 3 is 2.74 bits per heavy atom. The van der Waals surface area contributed by atoms with Crippen molar-refractivity contribution in [3.8, 4) is 5.75 Å². The van der Waals surface area contributed by atoms with E-state index in [9.17, 15) is 9.90 Å². The van der Waals surface area contributed by atoms with Crippen LogP contribution in [0.15, 0.2) is 18.2 Å². The molecule has 4 nitrogen and oxygen atoms in total. The zero-order valence-electron chi connectivity index (χ0n) is 11.7. The fourth-order valence-corrected chi connectivity index (χ4v) is 2.28. The molecule has 1 aliphatic heterocycles. The number of benzene rings is 1. The molecule has 4 heteroatoms. The SMILES string of the molecule is CCC1Oc2ccc(CO)cc2N(CC(C)C)C1=O. The van der Waals surface area contributed by atoms with E-state index >= 15 is 0 Å². The molecule has 0 aliphatic carbocycles. The van der Waals surface area contributed by atoms with Crippen molar-refractivity contribution in [2.75, 3.05) is 11.4 Å². The summed E-state index contributed by atoms with van der Waals surface area (Å²) in [6.07, 6.45) is 0.264. The molecule has 0 aromatic heterocycles. The van der Waals surface area contributed by atoms with E-state index in [-0.39, 0.29) is 12.5 Å². The highest BCUT2D eigenvalue weighted by atomic mass is 16.5. The van der Waals surface area contributed by atoms with Gasteiger partial charge in [-0.3, -0.25) is 4.79 Å². The topological polar surface area (TPSA) is 49.8 Å². The van der Waals surface area contributed by atoms with Crippen LogP contribution in [0.3, 0.4) is 0 Å². The van der Waals surface area contributed by atoms with Crippen molar-refractivity contribution in [1.29, 1.82) is 0 Å². The zero-order chi connectivity index (χ0) is 14.0. The van der Waals surface area contributed by atoms with Gasteiger partial charge in [0.15, 0.2) is 6.10 Å². The second kappa shape index (κ2) is 5.61. The van der Waals surface area contributed by atoms with Crippen LogP contribution in [0.25, 0.3) is 0 Å². The summed E-state index contributed by atoms with van der Waals surface area (Å²) in [5.41, 5.74) is 1.56. The Kier molecular flexibility index (Phi) is 4.10. The van der Waals surface area contributed by atoms with Crippen molar-refractivity contribution < 1.29 is 14.6 Å². The van der Waals surface area contributed by atoms with Crippen molar-refractivity contribution in [2.24, 2.45) is 5.92 Å².